The van der Waals surface area contributed by atoms with E-state index in [1.54, 1.807) is 24.3 Å². The van der Waals surface area contributed by atoms with E-state index in [0.717, 1.165) is 25.0 Å². The molecule has 0 aromatic heterocycles. The summed E-state index contributed by atoms with van der Waals surface area (Å²) in [5.41, 5.74) is 1.02. The summed E-state index contributed by atoms with van der Waals surface area (Å²) in [6.45, 7) is 4.90. The van der Waals surface area contributed by atoms with E-state index >= 15 is 0 Å². The van der Waals surface area contributed by atoms with Crippen LogP contribution in [-0.4, -0.2) is 27.7 Å². The molecule has 106 valence electrons. The van der Waals surface area contributed by atoms with E-state index in [4.69, 9.17) is 8.92 Å². The van der Waals surface area contributed by atoms with Gasteiger partial charge in [-0.25, -0.2) is 0 Å². The Morgan fingerprint density at radius 2 is 2.00 bits per heavy atom. The second-order valence-corrected chi connectivity index (χ2v) is 6.53. The largest absolute Gasteiger partial charge is 0.378 e. The molecule has 1 aliphatic heterocycles. The Morgan fingerprint density at radius 1 is 1.37 bits per heavy atom. The van der Waals surface area contributed by atoms with Gasteiger partial charge >= 0.3 is 0 Å². The smallest absolute Gasteiger partial charge is 0.296 e. The normalized spacial score (nSPS) is 20.8. The Kier molecular flexibility index (Phi) is 4.60. The fourth-order valence-corrected chi connectivity index (χ4v) is 3.02. The Morgan fingerprint density at radius 3 is 2.47 bits per heavy atom. The molecular formula is C14H20O4S. The van der Waals surface area contributed by atoms with Gasteiger partial charge in [0.25, 0.3) is 10.1 Å². The number of hydrogen-bond donors (Lipinski definition) is 0. The molecule has 1 aliphatic rings. The molecule has 0 bridgehead atoms. The van der Waals surface area contributed by atoms with Crippen molar-refractivity contribution in [3.8, 4) is 0 Å². The van der Waals surface area contributed by atoms with E-state index in [0.29, 0.717) is 0 Å². The summed E-state index contributed by atoms with van der Waals surface area (Å²) in [5, 5.41) is 0. The molecule has 0 radical (unpaired) electrons. The van der Waals surface area contributed by atoms with Gasteiger partial charge in [-0.2, -0.15) is 8.42 Å². The van der Waals surface area contributed by atoms with Crippen molar-refractivity contribution in [2.24, 2.45) is 5.92 Å². The quantitative estimate of drug-likeness (QED) is 0.753. The van der Waals surface area contributed by atoms with Crippen LogP contribution in [0.4, 0.5) is 0 Å². The molecule has 2 atom stereocenters. The van der Waals surface area contributed by atoms with Crippen LogP contribution in [0.5, 0.6) is 0 Å². The van der Waals surface area contributed by atoms with Crippen LogP contribution in [0.3, 0.4) is 0 Å². The molecule has 19 heavy (non-hydrogen) atoms. The van der Waals surface area contributed by atoms with Gasteiger partial charge in [-0.05, 0) is 31.9 Å². The van der Waals surface area contributed by atoms with Crippen molar-refractivity contribution in [3.63, 3.8) is 0 Å². The fraction of sp³-hybridized carbons (Fsp3) is 0.571. The Bertz CT molecular complexity index is 503. The highest BCUT2D eigenvalue weighted by Gasteiger charge is 2.29. The molecule has 1 heterocycles. The molecule has 1 fully saturated rings. The number of ether oxygens (including phenoxy) is 1. The molecule has 0 aliphatic carbocycles. The van der Waals surface area contributed by atoms with E-state index in [9.17, 15) is 8.42 Å². The second-order valence-electron chi connectivity index (χ2n) is 4.92. The van der Waals surface area contributed by atoms with Crippen LogP contribution in [0.15, 0.2) is 29.2 Å². The molecular weight excluding hydrogens is 264 g/mol. The topological polar surface area (TPSA) is 52.6 Å². The minimum Gasteiger partial charge on any atom is -0.378 e. The summed E-state index contributed by atoms with van der Waals surface area (Å²) in [6.07, 6.45) is 2.00. The summed E-state index contributed by atoms with van der Waals surface area (Å²) in [4.78, 5) is 0.211. The predicted octanol–water partition coefficient (Wildman–Crippen LogP) is 2.52. The molecule has 1 aromatic rings. The third-order valence-electron chi connectivity index (χ3n) is 3.53. The zero-order chi connectivity index (χ0) is 13.9. The summed E-state index contributed by atoms with van der Waals surface area (Å²) < 4.78 is 34.6. The molecule has 0 N–H and O–H groups in total. The zero-order valence-corrected chi connectivity index (χ0v) is 12.2. The average molecular weight is 284 g/mol. The van der Waals surface area contributed by atoms with Gasteiger partial charge in [0.2, 0.25) is 0 Å². The van der Waals surface area contributed by atoms with Gasteiger partial charge in [-0.1, -0.05) is 24.6 Å². The van der Waals surface area contributed by atoms with Gasteiger partial charge in [0.1, 0.15) is 0 Å². The van der Waals surface area contributed by atoms with Crippen LogP contribution in [0.25, 0.3) is 0 Å². The number of hydrogen-bond acceptors (Lipinski definition) is 4. The predicted molar refractivity (Wildman–Crippen MR) is 72.5 cm³/mol. The lowest BCUT2D eigenvalue weighted by Gasteiger charge is -2.33. The van der Waals surface area contributed by atoms with E-state index in [-0.39, 0.29) is 23.5 Å². The second kappa shape index (κ2) is 6.03. The molecule has 0 spiro atoms. The van der Waals surface area contributed by atoms with Gasteiger partial charge in [0.05, 0.1) is 17.6 Å². The first-order valence-corrected chi connectivity index (χ1v) is 8.01. The Labute approximate surface area is 114 Å². The van der Waals surface area contributed by atoms with E-state index in [1.807, 2.05) is 13.8 Å². The zero-order valence-electron chi connectivity index (χ0n) is 11.3. The highest BCUT2D eigenvalue weighted by Crippen LogP contribution is 2.24. The standard InChI is InChI=1S/C14H20O4S/c1-3-12(14-8-9-17-14)10-18-19(15,16)13-6-4-11(2)5-7-13/h4-7,12,14H,3,8-10H2,1-2H3. The fourth-order valence-electron chi connectivity index (χ4n) is 2.06. The van der Waals surface area contributed by atoms with Gasteiger partial charge in [0, 0.05) is 12.5 Å². The van der Waals surface area contributed by atoms with E-state index in [1.165, 1.54) is 0 Å². The maximum atomic E-state index is 12.0. The number of benzene rings is 1. The van der Waals surface area contributed by atoms with Crippen LogP contribution in [0, 0.1) is 12.8 Å². The van der Waals surface area contributed by atoms with Gasteiger partial charge in [-0.3, -0.25) is 4.18 Å². The SMILES string of the molecule is CCC(COS(=O)(=O)c1ccc(C)cc1)C1CCO1. The third-order valence-corrected chi connectivity index (χ3v) is 4.83. The van der Waals surface area contributed by atoms with Crippen LogP contribution in [0.2, 0.25) is 0 Å². The van der Waals surface area contributed by atoms with Crippen LogP contribution in [-0.2, 0) is 19.0 Å². The van der Waals surface area contributed by atoms with Gasteiger partial charge < -0.3 is 4.74 Å². The van der Waals surface area contributed by atoms with Crippen molar-refractivity contribution in [2.75, 3.05) is 13.2 Å². The molecule has 0 amide bonds. The third kappa shape index (κ3) is 3.55. The highest BCUT2D eigenvalue weighted by molar-refractivity contribution is 7.86. The summed E-state index contributed by atoms with van der Waals surface area (Å²) in [6, 6.07) is 6.68. The Balaban J connectivity index is 1.98. The lowest BCUT2D eigenvalue weighted by atomic mass is 9.95. The first-order valence-electron chi connectivity index (χ1n) is 6.60. The van der Waals surface area contributed by atoms with E-state index < -0.39 is 10.1 Å². The monoisotopic (exact) mass is 284 g/mol. The van der Waals surface area contributed by atoms with Crippen molar-refractivity contribution in [1.29, 1.82) is 0 Å². The molecule has 1 saturated heterocycles. The minimum atomic E-state index is -3.66. The van der Waals surface area contributed by atoms with Crippen molar-refractivity contribution in [1.82, 2.24) is 0 Å². The molecule has 1 aromatic carbocycles. The summed E-state index contributed by atoms with van der Waals surface area (Å²) in [5.74, 6) is 0.147. The number of aryl methyl sites for hydroxylation is 1. The number of rotatable bonds is 6. The summed E-state index contributed by atoms with van der Waals surface area (Å²) >= 11 is 0. The molecule has 4 nitrogen and oxygen atoms in total. The average Bonchev–Trinajstić information content (AvgIpc) is 2.32. The lowest BCUT2D eigenvalue weighted by Crippen LogP contribution is -2.37. The van der Waals surface area contributed by atoms with Crippen molar-refractivity contribution in [3.05, 3.63) is 29.8 Å². The lowest BCUT2D eigenvalue weighted by molar-refractivity contribution is -0.0931. The van der Waals surface area contributed by atoms with E-state index in [2.05, 4.69) is 0 Å². The minimum absolute atomic E-state index is 0.147. The molecule has 2 unspecified atom stereocenters. The first-order chi connectivity index (χ1) is 9.03. The van der Waals surface area contributed by atoms with Gasteiger partial charge in [-0.15, -0.1) is 0 Å². The van der Waals surface area contributed by atoms with Crippen molar-refractivity contribution in [2.45, 2.75) is 37.7 Å². The Hall–Kier alpha value is -0.910. The highest BCUT2D eigenvalue weighted by atomic mass is 32.2. The summed E-state index contributed by atoms with van der Waals surface area (Å²) in [7, 11) is -3.66. The van der Waals surface area contributed by atoms with Gasteiger partial charge in [0.15, 0.2) is 0 Å². The van der Waals surface area contributed by atoms with Crippen LogP contribution >= 0.6 is 0 Å². The molecule has 5 heteroatoms. The first kappa shape index (κ1) is 14.5. The van der Waals surface area contributed by atoms with Crippen molar-refractivity contribution >= 4 is 10.1 Å². The van der Waals surface area contributed by atoms with Crippen molar-refractivity contribution < 1.29 is 17.3 Å². The molecule has 2 rings (SSSR count). The maximum absolute atomic E-state index is 12.0. The van der Waals surface area contributed by atoms with Crippen LogP contribution in [0.1, 0.15) is 25.3 Å². The maximum Gasteiger partial charge on any atom is 0.296 e. The molecule has 0 saturated carbocycles. The van der Waals surface area contributed by atoms with Crippen LogP contribution < -0.4 is 0 Å².